The number of pyridine rings is 1. The van der Waals surface area contributed by atoms with Crippen LogP contribution in [0.4, 0.5) is 0 Å². The van der Waals surface area contributed by atoms with Crippen molar-refractivity contribution in [3.05, 3.63) is 29.6 Å². The Hall–Kier alpha value is -2.37. The molecule has 0 saturated heterocycles. The summed E-state index contributed by atoms with van der Waals surface area (Å²) >= 11 is 0. The van der Waals surface area contributed by atoms with Gasteiger partial charge < -0.3 is 9.47 Å². The first-order valence-electron chi connectivity index (χ1n) is 7.53. The number of ether oxygens (including phenoxy) is 2. The fourth-order valence-electron chi connectivity index (χ4n) is 2.55. The summed E-state index contributed by atoms with van der Waals surface area (Å²) in [5.74, 6) is 0.106. The monoisotopic (exact) mass is 301 g/mol. The molecule has 116 valence electrons. The average Bonchev–Trinajstić information content (AvgIpc) is 2.71. The summed E-state index contributed by atoms with van der Waals surface area (Å²) in [7, 11) is 0. The molecule has 0 fully saturated rings. The molecule has 6 heteroatoms. The van der Waals surface area contributed by atoms with E-state index in [2.05, 4.69) is 10.1 Å². The molecule has 0 radical (unpaired) electrons. The van der Waals surface area contributed by atoms with Gasteiger partial charge in [0, 0.05) is 24.5 Å². The number of esters is 1. The molecule has 0 bridgehead atoms. The van der Waals surface area contributed by atoms with Crippen LogP contribution in [0, 0.1) is 6.92 Å². The largest absolute Gasteiger partial charge is 0.477 e. The summed E-state index contributed by atoms with van der Waals surface area (Å²) in [5, 5.41) is 4.58. The van der Waals surface area contributed by atoms with Gasteiger partial charge in [0.1, 0.15) is 11.3 Å². The molecular formula is C16H19N3O3. The van der Waals surface area contributed by atoms with Gasteiger partial charge in [0.2, 0.25) is 5.88 Å². The number of nitrogens with zero attached hydrogens (tertiary/aromatic N) is 3. The highest BCUT2D eigenvalue weighted by Gasteiger charge is 2.28. The van der Waals surface area contributed by atoms with Crippen LogP contribution in [0.25, 0.3) is 11.3 Å². The fraction of sp³-hybridized carbons (Fsp3) is 0.438. The summed E-state index contributed by atoms with van der Waals surface area (Å²) in [6.07, 6.45) is 5.40. The molecule has 0 spiro atoms. The fourth-order valence-corrected chi connectivity index (χ4v) is 2.55. The van der Waals surface area contributed by atoms with Crippen LogP contribution in [0.2, 0.25) is 0 Å². The lowest BCUT2D eigenvalue weighted by molar-refractivity contribution is 0.0522. The maximum Gasteiger partial charge on any atom is 0.345 e. The van der Waals surface area contributed by atoms with Crippen molar-refractivity contribution in [3.8, 4) is 17.1 Å². The second-order valence-corrected chi connectivity index (χ2v) is 5.28. The van der Waals surface area contributed by atoms with Crippen molar-refractivity contribution in [3.63, 3.8) is 0 Å². The summed E-state index contributed by atoms with van der Waals surface area (Å²) in [6.45, 7) is 5.38. The standard InChI is InChI=1S/C16H19N3O3/c1-3-21-16(20)13-14(12-8-11(2)9-17-10-12)18-19-6-4-5-7-22-15(13)19/h8-10H,3-7H2,1-2H3. The van der Waals surface area contributed by atoms with Gasteiger partial charge in [-0.2, -0.15) is 5.10 Å². The Morgan fingerprint density at radius 3 is 3.05 bits per heavy atom. The molecule has 0 amide bonds. The number of fused-ring (bicyclic) bond motifs is 1. The SMILES string of the molecule is CCOC(=O)c1c(-c2cncc(C)c2)nn2c1OCCCC2. The Labute approximate surface area is 129 Å². The smallest absolute Gasteiger partial charge is 0.345 e. The number of hydrogen-bond acceptors (Lipinski definition) is 5. The molecule has 2 aromatic rings. The molecule has 0 atom stereocenters. The summed E-state index contributed by atoms with van der Waals surface area (Å²) in [5.41, 5.74) is 2.78. The van der Waals surface area contributed by atoms with Gasteiger partial charge in [0.25, 0.3) is 0 Å². The van der Waals surface area contributed by atoms with E-state index in [4.69, 9.17) is 9.47 Å². The van der Waals surface area contributed by atoms with Crippen LogP contribution < -0.4 is 4.74 Å². The van der Waals surface area contributed by atoms with E-state index in [0.29, 0.717) is 30.4 Å². The molecule has 2 aromatic heterocycles. The van der Waals surface area contributed by atoms with Crippen LogP contribution in [0.5, 0.6) is 5.88 Å². The second-order valence-electron chi connectivity index (χ2n) is 5.28. The van der Waals surface area contributed by atoms with E-state index < -0.39 is 5.97 Å². The van der Waals surface area contributed by atoms with Crippen molar-refractivity contribution in [2.45, 2.75) is 33.2 Å². The third-order valence-electron chi connectivity index (χ3n) is 3.54. The van der Waals surface area contributed by atoms with Crippen LogP contribution in [-0.4, -0.2) is 33.9 Å². The molecule has 0 aliphatic carbocycles. The zero-order valence-electron chi connectivity index (χ0n) is 12.8. The Morgan fingerprint density at radius 2 is 2.27 bits per heavy atom. The lowest BCUT2D eigenvalue weighted by atomic mass is 10.1. The molecule has 0 aromatic carbocycles. The third kappa shape index (κ3) is 2.68. The Kier molecular flexibility index (Phi) is 4.09. The van der Waals surface area contributed by atoms with Gasteiger partial charge in [-0.1, -0.05) is 0 Å². The first kappa shape index (κ1) is 14.6. The van der Waals surface area contributed by atoms with Crippen molar-refractivity contribution in [1.82, 2.24) is 14.8 Å². The average molecular weight is 301 g/mol. The number of aromatic nitrogens is 3. The molecule has 22 heavy (non-hydrogen) atoms. The first-order valence-corrected chi connectivity index (χ1v) is 7.53. The number of carbonyl (C=O) groups excluding carboxylic acids is 1. The molecule has 0 unspecified atom stereocenters. The van der Waals surface area contributed by atoms with Crippen molar-refractivity contribution in [1.29, 1.82) is 0 Å². The molecule has 3 rings (SSSR count). The third-order valence-corrected chi connectivity index (χ3v) is 3.54. The normalized spacial score (nSPS) is 13.9. The highest BCUT2D eigenvalue weighted by Crippen LogP contribution is 2.33. The second kappa shape index (κ2) is 6.17. The first-order chi connectivity index (χ1) is 10.7. The zero-order valence-corrected chi connectivity index (χ0v) is 12.8. The summed E-state index contributed by atoms with van der Waals surface area (Å²) in [6, 6.07) is 1.96. The van der Waals surface area contributed by atoms with Crippen molar-refractivity contribution >= 4 is 5.97 Å². The molecular weight excluding hydrogens is 282 g/mol. The van der Waals surface area contributed by atoms with Crippen LogP contribution in [0.15, 0.2) is 18.5 Å². The van der Waals surface area contributed by atoms with Crippen LogP contribution in [0.3, 0.4) is 0 Å². The minimum Gasteiger partial charge on any atom is -0.477 e. The Morgan fingerprint density at radius 1 is 1.41 bits per heavy atom. The molecule has 6 nitrogen and oxygen atoms in total. The zero-order chi connectivity index (χ0) is 15.5. The molecule has 0 saturated carbocycles. The Bertz CT molecular complexity index is 694. The summed E-state index contributed by atoms with van der Waals surface area (Å²) < 4.78 is 12.7. The lowest BCUT2D eigenvalue weighted by Gasteiger charge is -2.07. The molecule has 1 aliphatic heterocycles. The lowest BCUT2D eigenvalue weighted by Crippen LogP contribution is -2.09. The number of hydrogen-bond donors (Lipinski definition) is 0. The highest BCUT2D eigenvalue weighted by molar-refractivity contribution is 5.98. The van der Waals surface area contributed by atoms with Crippen molar-refractivity contribution < 1.29 is 14.3 Å². The van der Waals surface area contributed by atoms with Crippen molar-refractivity contribution in [2.75, 3.05) is 13.2 Å². The minimum atomic E-state index is -0.401. The van der Waals surface area contributed by atoms with E-state index in [9.17, 15) is 4.79 Å². The topological polar surface area (TPSA) is 66.2 Å². The van der Waals surface area contributed by atoms with E-state index in [1.54, 1.807) is 24.0 Å². The number of rotatable bonds is 3. The van der Waals surface area contributed by atoms with Crippen LogP contribution in [0.1, 0.15) is 35.7 Å². The quantitative estimate of drug-likeness (QED) is 0.815. The van der Waals surface area contributed by atoms with E-state index in [-0.39, 0.29) is 0 Å². The number of aryl methyl sites for hydroxylation is 2. The minimum absolute atomic E-state index is 0.314. The van der Waals surface area contributed by atoms with E-state index >= 15 is 0 Å². The van der Waals surface area contributed by atoms with Gasteiger partial charge in [0.05, 0.1) is 13.2 Å². The van der Waals surface area contributed by atoms with Gasteiger partial charge in [-0.05, 0) is 38.3 Å². The number of carbonyl (C=O) groups is 1. The van der Waals surface area contributed by atoms with Gasteiger partial charge in [-0.25, -0.2) is 9.48 Å². The Balaban J connectivity index is 2.14. The van der Waals surface area contributed by atoms with E-state index in [1.807, 2.05) is 13.0 Å². The van der Waals surface area contributed by atoms with Gasteiger partial charge in [-0.3, -0.25) is 4.98 Å². The predicted molar refractivity (Wildman–Crippen MR) is 80.9 cm³/mol. The molecule has 3 heterocycles. The van der Waals surface area contributed by atoms with Gasteiger partial charge in [0.15, 0.2) is 0 Å². The molecule has 1 aliphatic rings. The molecule has 0 N–H and O–H groups in total. The summed E-state index contributed by atoms with van der Waals surface area (Å²) in [4.78, 5) is 16.6. The van der Waals surface area contributed by atoms with Crippen LogP contribution >= 0.6 is 0 Å². The van der Waals surface area contributed by atoms with Gasteiger partial charge >= 0.3 is 5.97 Å². The predicted octanol–water partition coefficient (Wildman–Crippen LogP) is 2.60. The highest BCUT2D eigenvalue weighted by atomic mass is 16.5. The van der Waals surface area contributed by atoms with Crippen molar-refractivity contribution in [2.24, 2.45) is 0 Å². The van der Waals surface area contributed by atoms with Crippen LogP contribution in [-0.2, 0) is 11.3 Å². The van der Waals surface area contributed by atoms with Gasteiger partial charge in [-0.15, -0.1) is 0 Å². The van der Waals surface area contributed by atoms with E-state index in [1.165, 1.54) is 0 Å². The maximum atomic E-state index is 12.4. The maximum absolute atomic E-state index is 12.4. The van der Waals surface area contributed by atoms with E-state index in [0.717, 1.165) is 30.5 Å².